The average molecular weight is 398 g/mol. The lowest BCUT2D eigenvalue weighted by molar-refractivity contribution is -0.114. The standard InChI is InChI=1S/C21H26N4O4/c1-15(26)22-16-4-6-17(7-5-16)23-21(27)25-12-10-24(11-13-25)19-9-8-18(28-2)14-20(19)29-3/h4-9,14H,10-13H2,1-3H3,(H,22,26)(H,23,27). The van der Waals surface area contributed by atoms with Crippen LogP contribution in [-0.2, 0) is 4.79 Å². The largest absolute Gasteiger partial charge is 0.497 e. The van der Waals surface area contributed by atoms with Crippen LogP contribution in [0.3, 0.4) is 0 Å². The molecule has 1 saturated heterocycles. The molecule has 154 valence electrons. The quantitative estimate of drug-likeness (QED) is 0.809. The van der Waals surface area contributed by atoms with E-state index in [0.29, 0.717) is 37.6 Å². The number of rotatable bonds is 5. The second-order valence-corrected chi connectivity index (χ2v) is 6.70. The van der Waals surface area contributed by atoms with Crippen molar-refractivity contribution in [2.24, 2.45) is 0 Å². The highest BCUT2D eigenvalue weighted by Crippen LogP contribution is 2.32. The molecule has 0 unspecified atom stereocenters. The van der Waals surface area contributed by atoms with E-state index < -0.39 is 0 Å². The minimum atomic E-state index is -0.140. The van der Waals surface area contributed by atoms with Crippen LogP contribution in [0.15, 0.2) is 42.5 Å². The van der Waals surface area contributed by atoms with Crippen LogP contribution in [0.1, 0.15) is 6.92 Å². The summed E-state index contributed by atoms with van der Waals surface area (Å²) < 4.78 is 10.7. The Hall–Kier alpha value is -3.42. The minimum absolute atomic E-state index is 0.131. The van der Waals surface area contributed by atoms with E-state index in [0.717, 1.165) is 17.2 Å². The molecule has 2 aromatic carbocycles. The molecular formula is C21H26N4O4. The van der Waals surface area contributed by atoms with Gasteiger partial charge < -0.3 is 29.9 Å². The Kier molecular flexibility index (Phi) is 6.43. The maximum Gasteiger partial charge on any atom is 0.321 e. The number of hydrogen-bond acceptors (Lipinski definition) is 5. The molecule has 8 nitrogen and oxygen atoms in total. The lowest BCUT2D eigenvalue weighted by Gasteiger charge is -2.36. The molecule has 0 radical (unpaired) electrons. The molecule has 0 bridgehead atoms. The lowest BCUT2D eigenvalue weighted by atomic mass is 10.2. The topological polar surface area (TPSA) is 83.1 Å². The molecular weight excluding hydrogens is 372 g/mol. The zero-order valence-electron chi connectivity index (χ0n) is 16.9. The molecule has 1 fully saturated rings. The molecule has 1 aliphatic rings. The van der Waals surface area contributed by atoms with Gasteiger partial charge in [0.05, 0.1) is 19.9 Å². The van der Waals surface area contributed by atoms with Crippen LogP contribution in [0, 0.1) is 0 Å². The molecule has 2 aromatic rings. The molecule has 0 aromatic heterocycles. The number of methoxy groups -OCH3 is 2. The first-order valence-electron chi connectivity index (χ1n) is 9.40. The summed E-state index contributed by atoms with van der Waals surface area (Å²) in [6, 6.07) is 12.6. The van der Waals surface area contributed by atoms with E-state index in [1.54, 1.807) is 43.4 Å². The first-order valence-corrected chi connectivity index (χ1v) is 9.40. The number of carbonyl (C=O) groups is 2. The molecule has 8 heteroatoms. The zero-order chi connectivity index (χ0) is 20.8. The number of amides is 3. The third-order valence-corrected chi connectivity index (χ3v) is 4.75. The van der Waals surface area contributed by atoms with Crippen LogP contribution in [0.25, 0.3) is 0 Å². The van der Waals surface area contributed by atoms with Crippen molar-refractivity contribution < 1.29 is 19.1 Å². The molecule has 1 heterocycles. The minimum Gasteiger partial charge on any atom is -0.497 e. The zero-order valence-corrected chi connectivity index (χ0v) is 16.9. The average Bonchev–Trinajstić information content (AvgIpc) is 2.74. The normalized spacial score (nSPS) is 13.6. The van der Waals surface area contributed by atoms with Crippen LogP contribution in [0.4, 0.5) is 21.9 Å². The van der Waals surface area contributed by atoms with Gasteiger partial charge in [-0.05, 0) is 36.4 Å². The number of piperazine rings is 1. The molecule has 29 heavy (non-hydrogen) atoms. The van der Waals surface area contributed by atoms with Crippen molar-refractivity contribution in [1.29, 1.82) is 0 Å². The van der Waals surface area contributed by atoms with Crippen molar-refractivity contribution in [3.8, 4) is 11.5 Å². The summed E-state index contributed by atoms with van der Waals surface area (Å²) in [7, 11) is 3.26. The van der Waals surface area contributed by atoms with Crippen LogP contribution in [0.5, 0.6) is 11.5 Å². The summed E-state index contributed by atoms with van der Waals surface area (Å²) in [6.45, 7) is 4.07. The van der Waals surface area contributed by atoms with E-state index in [4.69, 9.17) is 9.47 Å². The van der Waals surface area contributed by atoms with Crippen LogP contribution in [-0.4, -0.2) is 57.2 Å². The van der Waals surface area contributed by atoms with E-state index >= 15 is 0 Å². The number of urea groups is 1. The third kappa shape index (κ3) is 5.10. The summed E-state index contributed by atoms with van der Waals surface area (Å²) >= 11 is 0. The van der Waals surface area contributed by atoms with Crippen molar-refractivity contribution in [3.63, 3.8) is 0 Å². The predicted octanol–water partition coefficient (Wildman–Crippen LogP) is 3.02. The van der Waals surface area contributed by atoms with Crippen molar-refractivity contribution in [2.75, 3.05) is 55.9 Å². The van der Waals surface area contributed by atoms with Gasteiger partial charge in [0.1, 0.15) is 11.5 Å². The number of ether oxygens (including phenoxy) is 2. The smallest absolute Gasteiger partial charge is 0.321 e. The van der Waals surface area contributed by atoms with Crippen LogP contribution < -0.4 is 25.0 Å². The summed E-state index contributed by atoms with van der Waals surface area (Å²) in [5, 5.41) is 5.60. The van der Waals surface area contributed by atoms with Gasteiger partial charge in [-0.2, -0.15) is 0 Å². The maximum absolute atomic E-state index is 12.6. The molecule has 2 N–H and O–H groups in total. The van der Waals surface area contributed by atoms with Gasteiger partial charge in [0.15, 0.2) is 0 Å². The highest BCUT2D eigenvalue weighted by atomic mass is 16.5. The summed E-state index contributed by atoms with van der Waals surface area (Å²) in [5.41, 5.74) is 2.36. The molecule has 3 amide bonds. The summed E-state index contributed by atoms with van der Waals surface area (Å²) in [6.07, 6.45) is 0. The number of anilines is 3. The fourth-order valence-electron chi connectivity index (χ4n) is 3.24. The van der Waals surface area contributed by atoms with Gasteiger partial charge >= 0.3 is 6.03 Å². The highest BCUT2D eigenvalue weighted by Gasteiger charge is 2.23. The Labute approximate surface area is 170 Å². The fraction of sp³-hybridized carbons (Fsp3) is 0.333. The number of hydrogen-bond donors (Lipinski definition) is 2. The van der Waals surface area contributed by atoms with E-state index in [-0.39, 0.29) is 11.9 Å². The predicted molar refractivity (Wildman–Crippen MR) is 113 cm³/mol. The Morgan fingerprint density at radius 1 is 0.862 bits per heavy atom. The molecule has 1 aliphatic heterocycles. The molecule has 3 rings (SSSR count). The van der Waals surface area contributed by atoms with Gasteiger partial charge in [-0.3, -0.25) is 4.79 Å². The molecule has 0 aliphatic carbocycles. The van der Waals surface area contributed by atoms with Gasteiger partial charge in [0.2, 0.25) is 5.91 Å². The van der Waals surface area contributed by atoms with Crippen molar-refractivity contribution in [2.45, 2.75) is 6.92 Å². The second-order valence-electron chi connectivity index (χ2n) is 6.70. The fourth-order valence-corrected chi connectivity index (χ4v) is 3.24. The van der Waals surface area contributed by atoms with Gasteiger partial charge in [0, 0.05) is 50.5 Å². The van der Waals surface area contributed by atoms with Crippen LogP contribution in [0.2, 0.25) is 0 Å². The van der Waals surface area contributed by atoms with E-state index in [1.807, 2.05) is 18.2 Å². The van der Waals surface area contributed by atoms with Gasteiger partial charge in [-0.1, -0.05) is 0 Å². The van der Waals surface area contributed by atoms with E-state index in [1.165, 1.54) is 6.92 Å². The Bertz CT molecular complexity index is 861. The van der Waals surface area contributed by atoms with Gasteiger partial charge in [0.25, 0.3) is 0 Å². The van der Waals surface area contributed by atoms with Gasteiger partial charge in [-0.25, -0.2) is 4.79 Å². The number of nitrogens with zero attached hydrogens (tertiary/aromatic N) is 2. The Morgan fingerprint density at radius 2 is 1.48 bits per heavy atom. The maximum atomic E-state index is 12.6. The number of benzene rings is 2. The third-order valence-electron chi connectivity index (χ3n) is 4.75. The molecule has 0 atom stereocenters. The second kappa shape index (κ2) is 9.18. The SMILES string of the molecule is COc1ccc(N2CCN(C(=O)Nc3ccc(NC(C)=O)cc3)CC2)c(OC)c1. The first kappa shape index (κ1) is 20.3. The van der Waals surface area contributed by atoms with E-state index in [2.05, 4.69) is 15.5 Å². The van der Waals surface area contributed by atoms with E-state index in [9.17, 15) is 9.59 Å². The monoisotopic (exact) mass is 398 g/mol. The van der Waals surface area contributed by atoms with Gasteiger partial charge in [-0.15, -0.1) is 0 Å². The van der Waals surface area contributed by atoms with Crippen molar-refractivity contribution in [3.05, 3.63) is 42.5 Å². The molecule has 0 saturated carbocycles. The van der Waals surface area contributed by atoms with Crippen molar-refractivity contribution >= 4 is 29.0 Å². The summed E-state index contributed by atoms with van der Waals surface area (Å²) in [4.78, 5) is 27.6. The Balaban J connectivity index is 1.56. The van der Waals surface area contributed by atoms with Crippen molar-refractivity contribution in [1.82, 2.24) is 4.90 Å². The number of carbonyl (C=O) groups excluding carboxylic acids is 2. The lowest BCUT2D eigenvalue weighted by Crippen LogP contribution is -2.50. The highest BCUT2D eigenvalue weighted by molar-refractivity contribution is 5.91. The molecule has 0 spiro atoms. The Morgan fingerprint density at radius 3 is 2.03 bits per heavy atom. The number of nitrogens with one attached hydrogen (secondary N) is 2. The summed E-state index contributed by atoms with van der Waals surface area (Å²) in [5.74, 6) is 1.36. The van der Waals surface area contributed by atoms with Crippen LogP contribution >= 0.6 is 0 Å². The first-order chi connectivity index (χ1) is 14.0.